The third kappa shape index (κ3) is 2.97. The lowest BCUT2D eigenvalue weighted by Gasteiger charge is -2.10. The van der Waals surface area contributed by atoms with E-state index >= 15 is 0 Å². The molecule has 0 saturated carbocycles. The zero-order valence-electron chi connectivity index (χ0n) is 16.3. The smallest absolute Gasteiger partial charge is 0.259 e. The topological polar surface area (TPSA) is 67.2 Å². The van der Waals surface area contributed by atoms with E-state index in [9.17, 15) is 9.90 Å². The summed E-state index contributed by atoms with van der Waals surface area (Å²) >= 11 is 0. The van der Waals surface area contributed by atoms with Crippen molar-refractivity contribution in [2.75, 3.05) is 5.32 Å². The maximum absolute atomic E-state index is 12.8. The number of aromatic nitrogens is 2. The fourth-order valence-corrected chi connectivity index (χ4v) is 3.78. The fraction of sp³-hybridized carbons (Fsp3) is 0.0400. The highest BCUT2D eigenvalue weighted by Gasteiger charge is 2.15. The van der Waals surface area contributed by atoms with E-state index in [1.165, 1.54) is 0 Å². The van der Waals surface area contributed by atoms with Gasteiger partial charge in [0.15, 0.2) is 0 Å². The van der Waals surface area contributed by atoms with Gasteiger partial charge in [-0.15, -0.1) is 0 Å². The summed E-state index contributed by atoms with van der Waals surface area (Å²) in [5.41, 5.74) is 3.74. The molecular weight excluding hydrogens is 374 g/mol. The highest BCUT2D eigenvalue weighted by Crippen LogP contribution is 2.30. The number of hydrogen-bond acceptors (Lipinski definition) is 3. The number of benzene rings is 4. The van der Waals surface area contributed by atoms with Gasteiger partial charge in [0.1, 0.15) is 11.6 Å². The Bertz CT molecular complexity index is 1420. The van der Waals surface area contributed by atoms with E-state index in [1.54, 1.807) is 12.1 Å². The number of aryl methyl sites for hydroxylation is 1. The molecule has 0 aliphatic heterocycles. The Hall–Kier alpha value is -4.12. The SMILES string of the molecule is Cn1c(-c2cccc(NC(=O)c3ccc4ccccc4c3O)c2)nc2ccccc21. The van der Waals surface area contributed by atoms with Gasteiger partial charge in [-0.1, -0.05) is 54.6 Å². The number of amides is 1. The minimum Gasteiger partial charge on any atom is -0.506 e. The molecule has 1 heterocycles. The predicted molar refractivity (Wildman–Crippen MR) is 120 cm³/mol. The van der Waals surface area contributed by atoms with Gasteiger partial charge < -0.3 is 15.0 Å². The highest BCUT2D eigenvalue weighted by atomic mass is 16.3. The second-order valence-corrected chi connectivity index (χ2v) is 7.20. The van der Waals surface area contributed by atoms with Crippen molar-refractivity contribution in [3.8, 4) is 17.1 Å². The van der Waals surface area contributed by atoms with Crippen molar-refractivity contribution in [3.63, 3.8) is 0 Å². The number of hydrogen-bond donors (Lipinski definition) is 2. The number of carbonyl (C=O) groups is 1. The monoisotopic (exact) mass is 393 g/mol. The second kappa shape index (κ2) is 7.04. The molecular formula is C25H19N3O2. The molecule has 0 aliphatic carbocycles. The van der Waals surface area contributed by atoms with Gasteiger partial charge in [0.2, 0.25) is 0 Å². The molecule has 0 spiro atoms. The predicted octanol–water partition coefficient (Wildman–Crippen LogP) is 5.35. The van der Waals surface area contributed by atoms with E-state index < -0.39 is 0 Å². The maximum atomic E-state index is 12.8. The lowest BCUT2D eigenvalue weighted by molar-refractivity contribution is 0.102. The van der Waals surface area contributed by atoms with Crippen LogP contribution in [0, 0.1) is 0 Å². The summed E-state index contributed by atoms with van der Waals surface area (Å²) < 4.78 is 2.03. The molecule has 0 saturated heterocycles. The summed E-state index contributed by atoms with van der Waals surface area (Å²) in [7, 11) is 1.98. The summed E-state index contributed by atoms with van der Waals surface area (Å²) in [6.45, 7) is 0. The van der Waals surface area contributed by atoms with Gasteiger partial charge in [0, 0.05) is 23.7 Å². The molecule has 0 aliphatic rings. The lowest BCUT2D eigenvalue weighted by atomic mass is 10.0. The van der Waals surface area contributed by atoms with Crippen molar-refractivity contribution in [1.29, 1.82) is 0 Å². The van der Waals surface area contributed by atoms with Crippen molar-refractivity contribution in [2.24, 2.45) is 7.05 Å². The molecule has 5 rings (SSSR count). The number of rotatable bonds is 3. The van der Waals surface area contributed by atoms with E-state index in [1.807, 2.05) is 84.4 Å². The van der Waals surface area contributed by atoms with E-state index in [0.717, 1.165) is 27.8 Å². The van der Waals surface area contributed by atoms with Crippen LogP contribution in [0.3, 0.4) is 0 Å². The van der Waals surface area contributed by atoms with Gasteiger partial charge in [0.05, 0.1) is 16.6 Å². The normalized spacial score (nSPS) is 11.1. The summed E-state index contributed by atoms with van der Waals surface area (Å²) in [5, 5.41) is 15.0. The Kier molecular flexibility index (Phi) is 4.21. The molecule has 2 N–H and O–H groups in total. The molecule has 0 radical (unpaired) electrons. The Morgan fingerprint density at radius 3 is 2.60 bits per heavy atom. The van der Waals surface area contributed by atoms with Crippen LogP contribution in [0.25, 0.3) is 33.2 Å². The van der Waals surface area contributed by atoms with Gasteiger partial charge in [-0.05, 0) is 35.7 Å². The zero-order valence-corrected chi connectivity index (χ0v) is 16.3. The van der Waals surface area contributed by atoms with Crippen LogP contribution < -0.4 is 5.32 Å². The van der Waals surface area contributed by atoms with Crippen molar-refractivity contribution >= 4 is 33.4 Å². The van der Waals surface area contributed by atoms with Gasteiger partial charge >= 0.3 is 0 Å². The number of nitrogens with zero attached hydrogens (tertiary/aromatic N) is 2. The van der Waals surface area contributed by atoms with E-state index in [-0.39, 0.29) is 17.2 Å². The fourth-order valence-electron chi connectivity index (χ4n) is 3.78. The molecule has 1 amide bonds. The third-order valence-electron chi connectivity index (χ3n) is 5.31. The molecule has 4 aromatic carbocycles. The van der Waals surface area contributed by atoms with Gasteiger partial charge in [-0.25, -0.2) is 4.98 Å². The van der Waals surface area contributed by atoms with E-state index in [4.69, 9.17) is 4.98 Å². The minimum atomic E-state index is -0.361. The number of phenols is 1. The lowest BCUT2D eigenvalue weighted by Crippen LogP contribution is -2.12. The maximum Gasteiger partial charge on any atom is 0.259 e. The molecule has 30 heavy (non-hydrogen) atoms. The van der Waals surface area contributed by atoms with Crippen LogP contribution in [0.1, 0.15) is 10.4 Å². The summed E-state index contributed by atoms with van der Waals surface area (Å²) in [6, 6.07) is 26.4. The first-order valence-electron chi connectivity index (χ1n) is 9.66. The number of phenolic OH excluding ortho intramolecular Hbond substituents is 1. The van der Waals surface area contributed by atoms with Gasteiger partial charge in [0.25, 0.3) is 5.91 Å². The quantitative estimate of drug-likeness (QED) is 0.434. The standard InChI is InChI=1S/C25H19N3O2/c1-28-22-12-5-4-11-21(22)27-24(28)17-8-6-9-18(15-17)26-25(30)20-14-13-16-7-2-3-10-19(16)23(20)29/h2-15,29H,1H3,(H,26,30). The second-order valence-electron chi connectivity index (χ2n) is 7.20. The Morgan fingerprint density at radius 2 is 1.73 bits per heavy atom. The summed E-state index contributed by atoms with van der Waals surface area (Å²) in [6.07, 6.45) is 0. The number of imidazole rings is 1. The number of para-hydroxylation sites is 2. The molecule has 1 aromatic heterocycles. The van der Waals surface area contributed by atoms with Crippen molar-refractivity contribution in [2.45, 2.75) is 0 Å². The van der Waals surface area contributed by atoms with Crippen LogP contribution >= 0.6 is 0 Å². The van der Waals surface area contributed by atoms with Crippen LogP contribution in [-0.2, 0) is 7.05 Å². The zero-order chi connectivity index (χ0) is 20.7. The highest BCUT2D eigenvalue weighted by molar-refractivity contribution is 6.10. The van der Waals surface area contributed by atoms with Crippen LogP contribution in [-0.4, -0.2) is 20.6 Å². The number of nitrogens with one attached hydrogen (secondary N) is 1. The van der Waals surface area contributed by atoms with Crippen molar-refractivity contribution < 1.29 is 9.90 Å². The van der Waals surface area contributed by atoms with Gasteiger partial charge in [-0.3, -0.25) is 4.79 Å². The molecule has 146 valence electrons. The number of fused-ring (bicyclic) bond motifs is 2. The molecule has 0 atom stereocenters. The summed E-state index contributed by atoms with van der Waals surface area (Å²) in [4.78, 5) is 17.6. The molecule has 0 unspecified atom stereocenters. The molecule has 0 fully saturated rings. The molecule has 5 aromatic rings. The Labute approximate surface area is 173 Å². The number of anilines is 1. The van der Waals surface area contributed by atoms with Crippen LogP contribution in [0.2, 0.25) is 0 Å². The number of aromatic hydroxyl groups is 1. The molecule has 5 nitrogen and oxygen atoms in total. The Balaban J connectivity index is 1.48. The first kappa shape index (κ1) is 17.9. The minimum absolute atomic E-state index is 0.0166. The van der Waals surface area contributed by atoms with Crippen molar-refractivity contribution in [1.82, 2.24) is 9.55 Å². The van der Waals surface area contributed by atoms with Gasteiger partial charge in [-0.2, -0.15) is 0 Å². The van der Waals surface area contributed by atoms with E-state index in [0.29, 0.717) is 11.1 Å². The average Bonchev–Trinajstić information content (AvgIpc) is 3.11. The van der Waals surface area contributed by atoms with Crippen LogP contribution in [0.4, 0.5) is 5.69 Å². The molecule has 0 bridgehead atoms. The molecule has 5 heteroatoms. The third-order valence-corrected chi connectivity index (χ3v) is 5.31. The first-order valence-corrected chi connectivity index (χ1v) is 9.66. The van der Waals surface area contributed by atoms with E-state index in [2.05, 4.69) is 5.32 Å². The Morgan fingerprint density at radius 1 is 0.933 bits per heavy atom. The summed E-state index contributed by atoms with van der Waals surface area (Å²) in [5.74, 6) is 0.443. The number of carbonyl (C=O) groups excluding carboxylic acids is 1. The van der Waals surface area contributed by atoms with Crippen LogP contribution in [0.5, 0.6) is 5.75 Å². The largest absolute Gasteiger partial charge is 0.506 e. The average molecular weight is 393 g/mol. The van der Waals surface area contributed by atoms with Crippen LogP contribution in [0.15, 0.2) is 84.9 Å². The first-order chi connectivity index (χ1) is 14.6. The van der Waals surface area contributed by atoms with Crippen molar-refractivity contribution in [3.05, 3.63) is 90.5 Å².